The van der Waals surface area contributed by atoms with Crippen molar-refractivity contribution in [3.8, 4) is 0 Å². The van der Waals surface area contributed by atoms with Crippen molar-refractivity contribution in [1.29, 1.82) is 0 Å². The summed E-state index contributed by atoms with van der Waals surface area (Å²) in [6.07, 6.45) is 3.44. The number of aliphatic hydroxyl groups excluding tert-OH is 1. The third kappa shape index (κ3) is 2.88. The summed E-state index contributed by atoms with van der Waals surface area (Å²) in [6.45, 7) is 0.635. The van der Waals surface area contributed by atoms with Gasteiger partial charge in [0.1, 0.15) is 0 Å². The predicted molar refractivity (Wildman–Crippen MR) is 80.9 cm³/mol. The lowest BCUT2D eigenvalue weighted by atomic mass is 9.90. The standard InChI is InChI=1S/C15H23N3O2/c1-17(2)15(20)11-6-7-13(16)14(10-11)18(8-9-19)12-4-3-5-12/h6-7,10,12,19H,3-5,8-9,16H2,1-2H3. The quantitative estimate of drug-likeness (QED) is 0.796. The Morgan fingerprint density at radius 1 is 1.40 bits per heavy atom. The zero-order valence-electron chi connectivity index (χ0n) is 12.2. The van der Waals surface area contributed by atoms with Crippen LogP contribution in [0.4, 0.5) is 11.4 Å². The fourth-order valence-electron chi connectivity index (χ4n) is 2.49. The van der Waals surface area contributed by atoms with Gasteiger partial charge in [-0.15, -0.1) is 0 Å². The molecule has 5 heteroatoms. The Bertz CT molecular complexity index is 484. The predicted octanol–water partition coefficient (Wildman–Crippen LogP) is 1.32. The molecule has 1 aliphatic rings. The number of rotatable bonds is 5. The Morgan fingerprint density at radius 2 is 2.10 bits per heavy atom. The van der Waals surface area contributed by atoms with E-state index in [0.29, 0.717) is 23.8 Å². The fourth-order valence-corrected chi connectivity index (χ4v) is 2.49. The van der Waals surface area contributed by atoms with Crippen LogP contribution in [-0.4, -0.2) is 49.2 Å². The maximum atomic E-state index is 12.1. The molecule has 0 aromatic heterocycles. The number of nitrogens with zero attached hydrogens (tertiary/aromatic N) is 2. The van der Waals surface area contributed by atoms with Gasteiger partial charge in [-0.1, -0.05) is 0 Å². The maximum Gasteiger partial charge on any atom is 0.253 e. The van der Waals surface area contributed by atoms with Gasteiger partial charge in [-0.2, -0.15) is 0 Å². The van der Waals surface area contributed by atoms with Crippen molar-refractivity contribution >= 4 is 17.3 Å². The van der Waals surface area contributed by atoms with Gasteiger partial charge in [0.25, 0.3) is 5.91 Å². The Morgan fingerprint density at radius 3 is 2.60 bits per heavy atom. The molecule has 0 aliphatic heterocycles. The summed E-state index contributed by atoms with van der Waals surface area (Å²) in [5.74, 6) is -0.0381. The van der Waals surface area contributed by atoms with Gasteiger partial charge in [-0.3, -0.25) is 4.79 Å². The van der Waals surface area contributed by atoms with E-state index in [-0.39, 0.29) is 12.5 Å². The molecule has 2 rings (SSSR count). The van der Waals surface area contributed by atoms with Crippen LogP contribution in [-0.2, 0) is 0 Å². The minimum atomic E-state index is -0.0381. The Balaban J connectivity index is 2.32. The van der Waals surface area contributed by atoms with Gasteiger partial charge in [0.2, 0.25) is 0 Å². The molecule has 0 spiro atoms. The van der Waals surface area contributed by atoms with Gasteiger partial charge in [0.05, 0.1) is 18.0 Å². The molecule has 1 aromatic rings. The summed E-state index contributed by atoms with van der Waals surface area (Å²) in [4.78, 5) is 15.7. The molecule has 3 N–H and O–H groups in total. The second-order valence-electron chi connectivity index (χ2n) is 5.47. The number of nitrogens with two attached hydrogens (primary N) is 1. The molecule has 0 bridgehead atoms. The molecule has 20 heavy (non-hydrogen) atoms. The first-order valence-electron chi connectivity index (χ1n) is 7.03. The highest BCUT2D eigenvalue weighted by Gasteiger charge is 2.26. The van der Waals surface area contributed by atoms with E-state index in [1.807, 2.05) is 6.07 Å². The Kier molecular flexibility index (Phi) is 4.49. The lowest BCUT2D eigenvalue weighted by Gasteiger charge is -2.39. The van der Waals surface area contributed by atoms with E-state index in [1.165, 1.54) is 6.42 Å². The molecule has 1 amide bonds. The number of aliphatic hydroxyl groups is 1. The zero-order valence-corrected chi connectivity index (χ0v) is 12.2. The largest absolute Gasteiger partial charge is 0.397 e. The van der Waals surface area contributed by atoms with Gasteiger partial charge < -0.3 is 20.6 Å². The van der Waals surface area contributed by atoms with Crippen LogP contribution in [0.5, 0.6) is 0 Å². The van der Waals surface area contributed by atoms with Gasteiger partial charge in [-0.25, -0.2) is 0 Å². The maximum absolute atomic E-state index is 12.1. The summed E-state index contributed by atoms with van der Waals surface area (Å²) in [5.41, 5.74) is 8.20. The number of nitrogen functional groups attached to an aromatic ring is 1. The molecule has 1 fully saturated rings. The molecular weight excluding hydrogens is 254 g/mol. The van der Waals surface area contributed by atoms with Crippen LogP contribution in [0.3, 0.4) is 0 Å². The van der Waals surface area contributed by atoms with Crippen molar-refractivity contribution in [2.75, 3.05) is 37.9 Å². The molecule has 0 heterocycles. The minimum absolute atomic E-state index is 0.0381. The van der Waals surface area contributed by atoms with Crippen molar-refractivity contribution in [2.24, 2.45) is 0 Å². The molecule has 1 aliphatic carbocycles. The van der Waals surface area contributed by atoms with E-state index in [1.54, 1.807) is 31.1 Å². The topological polar surface area (TPSA) is 69.8 Å². The van der Waals surface area contributed by atoms with E-state index >= 15 is 0 Å². The number of hydrogen-bond acceptors (Lipinski definition) is 4. The third-order valence-electron chi connectivity index (χ3n) is 3.85. The van der Waals surface area contributed by atoms with E-state index in [0.717, 1.165) is 18.5 Å². The number of amides is 1. The summed E-state index contributed by atoms with van der Waals surface area (Å²) >= 11 is 0. The van der Waals surface area contributed by atoms with E-state index in [4.69, 9.17) is 5.73 Å². The summed E-state index contributed by atoms with van der Waals surface area (Å²) < 4.78 is 0. The van der Waals surface area contributed by atoms with Gasteiger partial charge in [0.15, 0.2) is 0 Å². The second kappa shape index (κ2) is 6.13. The summed E-state index contributed by atoms with van der Waals surface area (Å²) in [6, 6.07) is 5.79. The first kappa shape index (κ1) is 14.7. The molecule has 1 aromatic carbocycles. The Hall–Kier alpha value is -1.75. The summed E-state index contributed by atoms with van der Waals surface area (Å²) in [5, 5.41) is 9.27. The molecule has 5 nitrogen and oxygen atoms in total. The van der Waals surface area contributed by atoms with Crippen LogP contribution >= 0.6 is 0 Å². The van der Waals surface area contributed by atoms with Crippen LogP contribution in [0.15, 0.2) is 18.2 Å². The molecule has 0 atom stereocenters. The highest BCUT2D eigenvalue weighted by Crippen LogP contribution is 2.33. The third-order valence-corrected chi connectivity index (χ3v) is 3.85. The molecule has 0 unspecified atom stereocenters. The average Bonchev–Trinajstić information content (AvgIpc) is 2.36. The van der Waals surface area contributed by atoms with Crippen molar-refractivity contribution in [3.63, 3.8) is 0 Å². The van der Waals surface area contributed by atoms with Crippen LogP contribution in [0.1, 0.15) is 29.6 Å². The zero-order chi connectivity index (χ0) is 14.7. The fraction of sp³-hybridized carbons (Fsp3) is 0.533. The molecule has 0 saturated heterocycles. The number of carbonyl (C=O) groups is 1. The van der Waals surface area contributed by atoms with Crippen molar-refractivity contribution in [2.45, 2.75) is 25.3 Å². The van der Waals surface area contributed by atoms with Crippen molar-refractivity contribution in [1.82, 2.24) is 4.90 Å². The summed E-state index contributed by atoms with van der Waals surface area (Å²) in [7, 11) is 3.46. The van der Waals surface area contributed by atoms with E-state index in [9.17, 15) is 9.90 Å². The number of anilines is 2. The van der Waals surface area contributed by atoms with E-state index in [2.05, 4.69) is 4.90 Å². The van der Waals surface area contributed by atoms with Gasteiger partial charge >= 0.3 is 0 Å². The van der Waals surface area contributed by atoms with Crippen molar-refractivity contribution in [3.05, 3.63) is 23.8 Å². The second-order valence-corrected chi connectivity index (χ2v) is 5.47. The molecule has 0 radical (unpaired) electrons. The SMILES string of the molecule is CN(C)C(=O)c1ccc(N)c(N(CCO)C2CCC2)c1. The van der Waals surface area contributed by atoms with Crippen LogP contribution in [0, 0.1) is 0 Å². The van der Waals surface area contributed by atoms with Crippen LogP contribution in [0.25, 0.3) is 0 Å². The highest BCUT2D eigenvalue weighted by molar-refractivity contribution is 5.96. The molecule has 110 valence electrons. The first-order chi connectivity index (χ1) is 9.54. The van der Waals surface area contributed by atoms with Crippen LogP contribution < -0.4 is 10.6 Å². The average molecular weight is 277 g/mol. The van der Waals surface area contributed by atoms with Gasteiger partial charge in [-0.05, 0) is 37.5 Å². The smallest absolute Gasteiger partial charge is 0.253 e. The number of carbonyl (C=O) groups excluding carboxylic acids is 1. The normalized spacial score (nSPS) is 14.8. The van der Waals surface area contributed by atoms with Gasteiger partial charge in [0, 0.05) is 32.2 Å². The molecular formula is C15H23N3O2. The number of benzene rings is 1. The minimum Gasteiger partial charge on any atom is -0.397 e. The monoisotopic (exact) mass is 277 g/mol. The van der Waals surface area contributed by atoms with E-state index < -0.39 is 0 Å². The lowest BCUT2D eigenvalue weighted by molar-refractivity contribution is 0.0827. The highest BCUT2D eigenvalue weighted by atomic mass is 16.3. The van der Waals surface area contributed by atoms with Crippen LogP contribution in [0.2, 0.25) is 0 Å². The first-order valence-corrected chi connectivity index (χ1v) is 7.03. The van der Waals surface area contributed by atoms with Crippen molar-refractivity contribution < 1.29 is 9.90 Å². The lowest BCUT2D eigenvalue weighted by Crippen LogP contribution is -2.42. The molecule has 1 saturated carbocycles. The number of hydrogen-bond donors (Lipinski definition) is 2. The Labute approximate surface area is 120 Å².